The molecule has 1 rings (SSSR count). The molecule has 3 nitrogen and oxygen atoms in total. The molecule has 0 aliphatic carbocycles. The number of amides is 1. The fraction of sp³-hybridized carbons (Fsp3) is 0.714. The summed E-state index contributed by atoms with van der Waals surface area (Å²) < 4.78 is 5.25. The average molecular weight is 171 g/mol. The van der Waals surface area contributed by atoms with Crippen LogP contribution in [0, 0.1) is 0 Å². The van der Waals surface area contributed by atoms with E-state index >= 15 is 0 Å². The molecule has 1 aliphatic rings. The summed E-state index contributed by atoms with van der Waals surface area (Å²) in [7, 11) is 0. The summed E-state index contributed by atoms with van der Waals surface area (Å²) in [4.78, 5) is 14.3. The van der Waals surface area contributed by atoms with E-state index in [4.69, 9.17) is 4.74 Å². The largest absolute Gasteiger partial charge is 0.365 e. The van der Waals surface area contributed by atoms with Gasteiger partial charge in [0.1, 0.15) is 6.10 Å². The van der Waals surface area contributed by atoms with Crippen LogP contribution in [0.2, 0.25) is 0 Å². The highest BCUT2D eigenvalue weighted by Gasteiger charge is 2.27. The molecule has 11 heavy (non-hydrogen) atoms. The molecule has 0 aromatic heterocycles. The summed E-state index contributed by atoms with van der Waals surface area (Å²) in [6, 6.07) is 0. The molecule has 0 N–H and O–H groups in total. The highest BCUT2D eigenvalue weighted by molar-refractivity contribution is 7.78. The molecule has 0 spiro atoms. The molecule has 2 atom stereocenters. The minimum absolute atomic E-state index is 0.171. The number of ether oxygens (including phenoxy) is 1. The Balaban J connectivity index is 2.49. The van der Waals surface area contributed by atoms with Gasteiger partial charge in [-0.15, -0.1) is 0 Å². The molecule has 0 saturated carbocycles. The summed E-state index contributed by atoms with van der Waals surface area (Å²) in [5.74, 6) is -0.302. The van der Waals surface area contributed by atoms with Crippen molar-refractivity contribution in [2.75, 3.05) is 0 Å². The molecular weight excluding hydrogens is 162 g/mol. The van der Waals surface area contributed by atoms with Gasteiger partial charge < -0.3 is 4.74 Å². The Labute approximate surface area is 70.5 Å². The highest BCUT2D eigenvalue weighted by Crippen LogP contribution is 2.19. The Morgan fingerprint density at radius 3 is 2.91 bits per heavy atom. The van der Waals surface area contributed by atoms with Crippen molar-refractivity contribution in [3.63, 3.8) is 0 Å². The van der Waals surface area contributed by atoms with Crippen molar-refractivity contribution in [1.82, 2.24) is 0 Å². The van der Waals surface area contributed by atoms with E-state index in [1.54, 1.807) is 0 Å². The van der Waals surface area contributed by atoms with Gasteiger partial charge in [-0.25, -0.2) is 0 Å². The lowest BCUT2D eigenvalue weighted by Crippen LogP contribution is -2.18. The van der Waals surface area contributed by atoms with E-state index in [9.17, 15) is 4.79 Å². The molecule has 0 aromatic rings. The third kappa shape index (κ3) is 2.19. The van der Waals surface area contributed by atoms with Gasteiger partial charge in [0.05, 0.1) is 11.3 Å². The monoisotopic (exact) mass is 171 g/mol. The lowest BCUT2D eigenvalue weighted by atomic mass is 10.2. The molecule has 0 radical (unpaired) electrons. The number of carbonyl (C=O) groups is 1. The lowest BCUT2D eigenvalue weighted by Gasteiger charge is -2.04. The van der Waals surface area contributed by atoms with Gasteiger partial charge >= 0.3 is 0 Å². The molecule has 1 amide bonds. The number of aliphatic imine (C=N–C) groups is 1. The first-order valence-corrected chi connectivity index (χ1v) is 3.92. The van der Waals surface area contributed by atoms with Gasteiger partial charge in [0.15, 0.2) is 0 Å². The van der Waals surface area contributed by atoms with Crippen LogP contribution in [-0.4, -0.2) is 23.3 Å². The molecule has 4 heteroatoms. The molecule has 1 aliphatic heterocycles. The predicted octanol–water partition coefficient (Wildman–Crippen LogP) is 1.18. The molecule has 1 fully saturated rings. The number of nitrogens with zero attached hydrogens (tertiary/aromatic N) is 1. The Morgan fingerprint density at radius 1 is 1.73 bits per heavy atom. The first-order chi connectivity index (χ1) is 5.24. The second-order valence-electron chi connectivity index (χ2n) is 2.55. The van der Waals surface area contributed by atoms with Gasteiger partial charge in [0.2, 0.25) is 0 Å². The normalized spacial score (nSPS) is 29.5. The van der Waals surface area contributed by atoms with Crippen LogP contribution in [0.15, 0.2) is 4.99 Å². The van der Waals surface area contributed by atoms with E-state index in [0.29, 0.717) is 0 Å². The lowest BCUT2D eigenvalue weighted by molar-refractivity contribution is -0.128. The van der Waals surface area contributed by atoms with Crippen LogP contribution in [0.25, 0.3) is 0 Å². The second-order valence-corrected chi connectivity index (χ2v) is 2.74. The van der Waals surface area contributed by atoms with E-state index in [1.807, 2.05) is 12.1 Å². The number of isothiocyanates is 1. The minimum atomic E-state index is -0.375. The number of hydrogen-bond acceptors (Lipinski definition) is 3. The highest BCUT2D eigenvalue weighted by atomic mass is 32.1. The zero-order chi connectivity index (χ0) is 8.27. The number of hydrogen-bond donors (Lipinski definition) is 0. The SMILES string of the molecule is CC1CCC(C(=O)N=C=S)O1. The minimum Gasteiger partial charge on any atom is -0.365 e. The van der Waals surface area contributed by atoms with Gasteiger partial charge in [-0.05, 0) is 32.0 Å². The maximum absolute atomic E-state index is 11.0. The van der Waals surface area contributed by atoms with Crippen molar-refractivity contribution in [3.8, 4) is 0 Å². The predicted molar refractivity (Wildman–Crippen MR) is 43.6 cm³/mol. The average Bonchev–Trinajstić information content (AvgIpc) is 2.36. The molecule has 1 saturated heterocycles. The quantitative estimate of drug-likeness (QED) is 0.439. The first kappa shape index (κ1) is 8.53. The Bertz CT molecular complexity index is 210. The van der Waals surface area contributed by atoms with Crippen LogP contribution in [0.1, 0.15) is 19.8 Å². The second kappa shape index (κ2) is 3.72. The first-order valence-electron chi connectivity index (χ1n) is 3.51. The van der Waals surface area contributed by atoms with Crippen LogP contribution in [0.5, 0.6) is 0 Å². The molecule has 0 aromatic carbocycles. The standard InChI is InChI=1S/C7H9NO2S/c1-5-2-3-6(10-5)7(9)8-4-11/h5-6H,2-3H2,1H3. The van der Waals surface area contributed by atoms with Crippen molar-refractivity contribution < 1.29 is 9.53 Å². The van der Waals surface area contributed by atoms with Crippen LogP contribution in [-0.2, 0) is 9.53 Å². The zero-order valence-electron chi connectivity index (χ0n) is 6.24. The van der Waals surface area contributed by atoms with Gasteiger partial charge in [0, 0.05) is 0 Å². The third-order valence-corrected chi connectivity index (χ3v) is 1.75. The maximum atomic E-state index is 11.0. The van der Waals surface area contributed by atoms with E-state index < -0.39 is 0 Å². The molecule has 2 unspecified atom stereocenters. The third-order valence-electron chi connectivity index (χ3n) is 1.66. The van der Waals surface area contributed by atoms with Crippen LogP contribution >= 0.6 is 12.2 Å². The molecule has 60 valence electrons. The summed E-state index contributed by atoms with van der Waals surface area (Å²) in [5, 5.41) is 2.04. The van der Waals surface area contributed by atoms with Crippen molar-refractivity contribution >= 4 is 23.3 Å². The van der Waals surface area contributed by atoms with E-state index in [1.165, 1.54) is 0 Å². The number of rotatable bonds is 1. The number of thiocarbonyl (C=S) groups is 1. The van der Waals surface area contributed by atoms with Gasteiger partial charge in [-0.1, -0.05) is 0 Å². The smallest absolute Gasteiger partial charge is 0.283 e. The summed E-state index contributed by atoms with van der Waals surface area (Å²) >= 11 is 4.30. The number of carbonyl (C=O) groups excluding carboxylic acids is 1. The fourth-order valence-corrected chi connectivity index (χ4v) is 1.19. The van der Waals surface area contributed by atoms with E-state index in [-0.39, 0.29) is 18.1 Å². The van der Waals surface area contributed by atoms with Gasteiger partial charge in [0.25, 0.3) is 5.91 Å². The molecule has 0 bridgehead atoms. The zero-order valence-corrected chi connectivity index (χ0v) is 7.06. The van der Waals surface area contributed by atoms with Gasteiger partial charge in [-0.3, -0.25) is 4.79 Å². The fourth-order valence-electron chi connectivity index (χ4n) is 1.10. The summed E-state index contributed by atoms with van der Waals surface area (Å²) in [6.07, 6.45) is 1.47. The van der Waals surface area contributed by atoms with Crippen molar-refractivity contribution in [2.45, 2.75) is 32.0 Å². The Hall–Kier alpha value is -0.570. The van der Waals surface area contributed by atoms with Crippen LogP contribution in [0.3, 0.4) is 0 Å². The Kier molecular flexibility index (Phi) is 2.88. The topological polar surface area (TPSA) is 38.7 Å². The summed E-state index contributed by atoms with van der Waals surface area (Å²) in [6.45, 7) is 1.94. The van der Waals surface area contributed by atoms with Gasteiger partial charge in [-0.2, -0.15) is 4.99 Å². The van der Waals surface area contributed by atoms with E-state index in [0.717, 1.165) is 12.8 Å². The van der Waals surface area contributed by atoms with Crippen molar-refractivity contribution in [2.24, 2.45) is 4.99 Å². The van der Waals surface area contributed by atoms with Crippen molar-refractivity contribution in [1.29, 1.82) is 0 Å². The maximum Gasteiger partial charge on any atom is 0.283 e. The Morgan fingerprint density at radius 2 is 2.45 bits per heavy atom. The molecular formula is C7H9NO2S. The van der Waals surface area contributed by atoms with E-state index in [2.05, 4.69) is 17.2 Å². The van der Waals surface area contributed by atoms with Crippen LogP contribution < -0.4 is 0 Å². The van der Waals surface area contributed by atoms with Crippen molar-refractivity contribution in [3.05, 3.63) is 0 Å². The van der Waals surface area contributed by atoms with Crippen LogP contribution in [0.4, 0.5) is 0 Å². The molecule has 1 heterocycles. The summed E-state index contributed by atoms with van der Waals surface area (Å²) in [5.41, 5.74) is 0.